The van der Waals surface area contributed by atoms with Crippen LogP contribution in [0.25, 0.3) is 0 Å². The van der Waals surface area contributed by atoms with Gasteiger partial charge in [0.2, 0.25) is 0 Å². The van der Waals surface area contributed by atoms with Crippen molar-refractivity contribution in [3.8, 4) is 0 Å². The largest absolute Gasteiger partial charge is 0.227 e. The first-order chi connectivity index (χ1) is 5.11. The second-order valence-corrected chi connectivity index (χ2v) is 3.29. The van der Waals surface area contributed by atoms with Gasteiger partial charge < -0.3 is 0 Å². The molecule has 5 heteroatoms. The van der Waals surface area contributed by atoms with E-state index in [2.05, 4.69) is 0 Å². The Balaban J connectivity index is 3.31. The van der Waals surface area contributed by atoms with Crippen LogP contribution in [0.5, 0.6) is 0 Å². The van der Waals surface area contributed by atoms with E-state index in [0.29, 0.717) is 0 Å². The molecule has 0 bridgehead atoms. The van der Waals surface area contributed by atoms with Gasteiger partial charge in [-0.2, -0.15) is 0 Å². The zero-order valence-electron chi connectivity index (χ0n) is 5.25. The maximum atomic E-state index is 12.6. The minimum atomic E-state index is -2.86. The number of hydrogen-bond acceptors (Lipinski definition) is 2. The smallest absolute Gasteiger partial charge is 0.171 e. The maximum absolute atomic E-state index is 12.6. The highest BCUT2D eigenvalue weighted by atomic mass is 35.5. The lowest BCUT2D eigenvalue weighted by molar-refractivity contribution is 0.578. The second kappa shape index (κ2) is 3.19. The van der Waals surface area contributed by atoms with Crippen molar-refractivity contribution < 1.29 is 12.8 Å². The van der Waals surface area contributed by atoms with Crippen LogP contribution in [0.2, 0.25) is 5.02 Å². The first kappa shape index (κ1) is 8.49. The van der Waals surface area contributed by atoms with Crippen molar-refractivity contribution in [2.24, 2.45) is 0 Å². The van der Waals surface area contributed by atoms with Crippen LogP contribution in [-0.2, 0) is 10.7 Å². The highest BCUT2D eigenvalue weighted by molar-refractivity contribution is 7.72. The molecule has 0 saturated heterocycles. The molecule has 0 heterocycles. The van der Waals surface area contributed by atoms with Gasteiger partial charge in [0.1, 0.15) is 5.82 Å². The summed E-state index contributed by atoms with van der Waals surface area (Å²) in [7, 11) is -2.86. The van der Waals surface area contributed by atoms with Gasteiger partial charge >= 0.3 is 0 Å². The summed E-state index contributed by atoms with van der Waals surface area (Å²) in [6.45, 7) is 0. The predicted molar refractivity (Wildman–Crippen MR) is 40.0 cm³/mol. The lowest BCUT2D eigenvalue weighted by Crippen LogP contribution is -1.85. The van der Waals surface area contributed by atoms with E-state index in [1.165, 1.54) is 6.07 Å². The molecule has 0 amide bonds. The molecule has 0 spiro atoms. The molecule has 60 valence electrons. The van der Waals surface area contributed by atoms with E-state index in [1.807, 2.05) is 0 Å². The van der Waals surface area contributed by atoms with Gasteiger partial charge in [-0.3, -0.25) is 0 Å². The van der Waals surface area contributed by atoms with Gasteiger partial charge in [-0.25, -0.2) is 12.8 Å². The van der Waals surface area contributed by atoms with Crippen LogP contribution in [0.1, 0.15) is 0 Å². The summed E-state index contributed by atoms with van der Waals surface area (Å²) in [4.78, 5) is -0.329. The van der Waals surface area contributed by atoms with Crippen molar-refractivity contribution in [1.29, 1.82) is 0 Å². The molecule has 11 heavy (non-hydrogen) atoms. The number of thiol groups is 1. The summed E-state index contributed by atoms with van der Waals surface area (Å²) in [5.41, 5.74) is 0. The van der Waals surface area contributed by atoms with E-state index in [9.17, 15) is 12.8 Å². The summed E-state index contributed by atoms with van der Waals surface area (Å²) < 4.78 is 33.2. The lowest BCUT2D eigenvalue weighted by Gasteiger charge is -1.93. The molecule has 0 atom stereocenters. The van der Waals surface area contributed by atoms with Gasteiger partial charge in [-0.1, -0.05) is 11.6 Å². The topological polar surface area (TPSA) is 34.1 Å². The highest BCUT2D eigenvalue weighted by Gasteiger charge is 2.03. The lowest BCUT2D eigenvalue weighted by atomic mass is 10.3. The molecule has 0 unspecified atom stereocenters. The number of halogens is 2. The van der Waals surface area contributed by atoms with E-state index in [-0.39, 0.29) is 9.92 Å². The molecule has 0 radical (unpaired) electrons. The Morgan fingerprint density at radius 2 is 2.00 bits per heavy atom. The summed E-state index contributed by atoms with van der Waals surface area (Å²) >= 11 is 5.38. The van der Waals surface area contributed by atoms with Crippen LogP contribution >= 0.6 is 11.6 Å². The van der Waals surface area contributed by atoms with Crippen LogP contribution in [0.15, 0.2) is 23.1 Å². The van der Waals surface area contributed by atoms with E-state index in [4.69, 9.17) is 11.6 Å². The number of hydrogen-bond donors (Lipinski definition) is 1. The zero-order valence-corrected chi connectivity index (χ0v) is 6.90. The number of rotatable bonds is 1. The van der Waals surface area contributed by atoms with Crippen LogP contribution in [-0.4, -0.2) is 8.42 Å². The van der Waals surface area contributed by atoms with E-state index in [1.54, 1.807) is 0 Å². The third-order valence-corrected chi connectivity index (χ3v) is 2.10. The molecular weight excluding hydrogens is 191 g/mol. The highest BCUT2D eigenvalue weighted by Crippen LogP contribution is 2.14. The Morgan fingerprint density at radius 1 is 1.36 bits per heavy atom. The van der Waals surface area contributed by atoms with Gasteiger partial charge in [-0.15, -0.1) is 0 Å². The standard InChI is InChI=1S/C6H4ClFO2S/c7-4-1-2-6(11(9)10)5(8)3-4/h1-3,11H. The summed E-state index contributed by atoms with van der Waals surface area (Å²) in [5.74, 6) is -0.811. The van der Waals surface area contributed by atoms with Crippen molar-refractivity contribution in [1.82, 2.24) is 0 Å². The number of benzene rings is 1. The molecule has 0 aliphatic heterocycles. The molecule has 2 nitrogen and oxygen atoms in total. The fourth-order valence-electron chi connectivity index (χ4n) is 0.629. The van der Waals surface area contributed by atoms with Gasteiger partial charge in [0, 0.05) is 5.02 Å². The Bertz CT molecular complexity index is 340. The minimum absolute atomic E-state index is 0.183. The van der Waals surface area contributed by atoms with Crippen molar-refractivity contribution in [3.05, 3.63) is 29.0 Å². The SMILES string of the molecule is O=[SH](=O)c1ccc(Cl)cc1F. The quantitative estimate of drug-likeness (QED) is 0.687. The monoisotopic (exact) mass is 194 g/mol. The van der Waals surface area contributed by atoms with E-state index < -0.39 is 16.5 Å². The van der Waals surface area contributed by atoms with E-state index in [0.717, 1.165) is 12.1 Å². The van der Waals surface area contributed by atoms with Gasteiger partial charge in [-0.05, 0) is 18.2 Å². The van der Waals surface area contributed by atoms with Crippen molar-refractivity contribution >= 4 is 22.3 Å². The average Bonchev–Trinajstić information content (AvgIpc) is 1.85. The molecule has 0 fully saturated rings. The summed E-state index contributed by atoms with van der Waals surface area (Å²) in [5, 5.41) is 0.183. The van der Waals surface area contributed by atoms with Crippen LogP contribution in [0.3, 0.4) is 0 Å². The molecule has 1 aromatic carbocycles. The molecule has 0 aliphatic rings. The first-order valence-electron chi connectivity index (χ1n) is 2.70. The average molecular weight is 195 g/mol. The van der Waals surface area contributed by atoms with Gasteiger partial charge in [0.25, 0.3) is 0 Å². The van der Waals surface area contributed by atoms with Gasteiger partial charge in [0.15, 0.2) is 10.7 Å². The Kier molecular flexibility index (Phi) is 2.46. The molecule has 0 aliphatic carbocycles. The second-order valence-electron chi connectivity index (χ2n) is 1.85. The molecule has 0 saturated carbocycles. The minimum Gasteiger partial charge on any atom is -0.227 e. The molecule has 1 aromatic rings. The normalized spacial score (nSPS) is 10.5. The van der Waals surface area contributed by atoms with E-state index >= 15 is 0 Å². The Morgan fingerprint density at radius 3 is 2.45 bits per heavy atom. The van der Waals surface area contributed by atoms with Crippen molar-refractivity contribution in [2.45, 2.75) is 4.90 Å². The fraction of sp³-hybridized carbons (Fsp3) is 0. The Hall–Kier alpha value is -0.610. The van der Waals surface area contributed by atoms with Crippen LogP contribution in [0.4, 0.5) is 4.39 Å². The third-order valence-electron chi connectivity index (χ3n) is 1.11. The zero-order chi connectivity index (χ0) is 8.43. The van der Waals surface area contributed by atoms with Crippen LogP contribution in [0, 0.1) is 5.82 Å². The molecule has 1 rings (SSSR count). The maximum Gasteiger partial charge on any atom is 0.171 e. The van der Waals surface area contributed by atoms with Gasteiger partial charge in [0.05, 0.1) is 4.90 Å². The third kappa shape index (κ3) is 1.91. The summed E-state index contributed by atoms with van der Waals surface area (Å²) in [6.07, 6.45) is 0. The molecule has 0 aromatic heterocycles. The van der Waals surface area contributed by atoms with Crippen LogP contribution < -0.4 is 0 Å². The fourth-order valence-corrected chi connectivity index (χ4v) is 1.22. The summed E-state index contributed by atoms with van der Waals surface area (Å²) in [6, 6.07) is 3.41. The molecular formula is C6H4ClFO2S. The van der Waals surface area contributed by atoms with Crippen molar-refractivity contribution in [3.63, 3.8) is 0 Å². The van der Waals surface area contributed by atoms with Crippen molar-refractivity contribution in [2.75, 3.05) is 0 Å². The molecule has 0 N–H and O–H groups in total. The first-order valence-corrected chi connectivity index (χ1v) is 4.26. The predicted octanol–water partition coefficient (Wildman–Crippen LogP) is 1.45. The Labute approximate surface area is 69.6 Å².